The van der Waals surface area contributed by atoms with Crippen LogP contribution in [0.2, 0.25) is 0 Å². The van der Waals surface area contributed by atoms with Crippen LogP contribution in [0.1, 0.15) is 46.6 Å². The number of carboxylic acid groups (broad SMARTS) is 1. The summed E-state index contributed by atoms with van der Waals surface area (Å²) in [5.74, 6) is -3.60. The molecule has 0 heterocycles. The highest BCUT2D eigenvalue weighted by Crippen LogP contribution is 2.12. The number of hydrogen-bond acceptors (Lipinski definition) is 7. The average molecular weight is 495 g/mol. The van der Waals surface area contributed by atoms with Gasteiger partial charge in [-0.2, -0.15) is 0 Å². The SMILES string of the molecule is CC(C)CC(N)C(=O)NC(C(=O)NC(C(=O)NC(Cc1ccc(O)cc1)C(=O)O)C(C)O)C(C)C. The zero-order valence-electron chi connectivity index (χ0n) is 20.8. The maximum Gasteiger partial charge on any atom is 0.326 e. The maximum atomic E-state index is 12.9. The van der Waals surface area contributed by atoms with Gasteiger partial charge in [-0.15, -0.1) is 0 Å². The number of rotatable bonds is 13. The predicted molar refractivity (Wildman–Crippen MR) is 129 cm³/mol. The van der Waals surface area contributed by atoms with E-state index >= 15 is 0 Å². The lowest BCUT2D eigenvalue weighted by Crippen LogP contribution is -2.61. The number of carbonyl (C=O) groups excluding carboxylic acids is 3. The molecule has 0 bridgehead atoms. The van der Waals surface area contributed by atoms with Gasteiger partial charge in [0.2, 0.25) is 17.7 Å². The first-order valence-electron chi connectivity index (χ1n) is 11.6. The fraction of sp³-hybridized carbons (Fsp3) is 0.583. The second-order valence-electron chi connectivity index (χ2n) is 9.46. The number of benzene rings is 1. The summed E-state index contributed by atoms with van der Waals surface area (Å²) in [7, 11) is 0. The first kappa shape index (κ1) is 29.9. The highest BCUT2D eigenvalue weighted by Gasteiger charge is 2.33. The van der Waals surface area contributed by atoms with E-state index < -0.39 is 54.0 Å². The molecule has 11 heteroatoms. The Bertz CT molecular complexity index is 871. The number of carboxylic acids is 1. The highest BCUT2D eigenvalue weighted by atomic mass is 16.4. The van der Waals surface area contributed by atoms with Gasteiger partial charge in [-0.1, -0.05) is 39.8 Å². The van der Waals surface area contributed by atoms with E-state index in [1.807, 2.05) is 13.8 Å². The minimum Gasteiger partial charge on any atom is -0.508 e. The number of phenolic OH excluding ortho intramolecular Hbond substituents is 1. The summed E-state index contributed by atoms with van der Waals surface area (Å²) in [6.07, 6.45) is -1.01. The van der Waals surface area contributed by atoms with E-state index in [1.165, 1.54) is 31.2 Å². The van der Waals surface area contributed by atoms with E-state index in [2.05, 4.69) is 16.0 Å². The van der Waals surface area contributed by atoms with Crippen molar-refractivity contribution in [2.45, 2.75) is 77.7 Å². The average Bonchev–Trinajstić information content (AvgIpc) is 2.75. The number of aliphatic carboxylic acids is 1. The van der Waals surface area contributed by atoms with Crippen LogP contribution in [0.25, 0.3) is 0 Å². The van der Waals surface area contributed by atoms with Crippen LogP contribution in [-0.2, 0) is 25.6 Å². The number of nitrogens with one attached hydrogen (secondary N) is 3. The van der Waals surface area contributed by atoms with Gasteiger partial charge in [-0.3, -0.25) is 14.4 Å². The molecule has 0 saturated heterocycles. The van der Waals surface area contributed by atoms with Gasteiger partial charge in [0.15, 0.2) is 0 Å². The first-order chi connectivity index (χ1) is 16.2. The van der Waals surface area contributed by atoms with Crippen molar-refractivity contribution in [3.05, 3.63) is 29.8 Å². The molecular formula is C24H38N4O7. The Morgan fingerprint density at radius 2 is 1.37 bits per heavy atom. The zero-order valence-corrected chi connectivity index (χ0v) is 20.8. The van der Waals surface area contributed by atoms with Crippen LogP contribution in [0.4, 0.5) is 0 Å². The quantitative estimate of drug-likeness (QED) is 0.197. The van der Waals surface area contributed by atoms with Crippen molar-refractivity contribution < 1.29 is 34.5 Å². The topological polar surface area (TPSA) is 191 Å². The number of carbonyl (C=O) groups is 4. The van der Waals surface area contributed by atoms with Gasteiger partial charge >= 0.3 is 5.97 Å². The lowest BCUT2D eigenvalue weighted by molar-refractivity contribution is -0.143. The van der Waals surface area contributed by atoms with Crippen LogP contribution in [0, 0.1) is 11.8 Å². The largest absolute Gasteiger partial charge is 0.508 e. The molecule has 5 unspecified atom stereocenters. The smallest absolute Gasteiger partial charge is 0.326 e. The minimum atomic E-state index is -1.47. The Morgan fingerprint density at radius 3 is 1.83 bits per heavy atom. The van der Waals surface area contributed by atoms with Crippen LogP contribution in [0.3, 0.4) is 0 Å². The van der Waals surface area contributed by atoms with Crippen LogP contribution >= 0.6 is 0 Å². The van der Waals surface area contributed by atoms with E-state index in [-0.39, 0.29) is 24.0 Å². The molecule has 0 aliphatic rings. The summed E-state index contributed by atoms with van der Waals surface area (Å²) >= 11 is 0. The van der Waals surface area contributed by atoms with E-state index in [4.69, 9.17) is 5.73 Å². The minimum absolute atomic E-state index is 0.0125. The standard InChI is InChI=1S/C24H38N4O7/c1-12(2)10-17(25)21(31)27-19(13(3)4)22(32)28-20(14(5)29)23(33)26-18(24(34)35)11-15-6-8-16(30)9-7-15/h6-9,12-14,17-20,29-30H,10-11,25H2,1-5H3,(H,26,33)(H,27,31)(H,28,32)(H,34,35). The lowest BCUT2D eigenvalue weighted by atomic mass is 9.99. The third kappa shape index (κ3) is 9.91. The van der Waals surface area contributed by atoms with Crippen molar-refractivity contribution in [1.29, 1.82) is 0 Å². The van der Waals surface area contributed by atoms with Crippen LogP contribution in [0.15, 0.2) is 24.3 Å². The van der Waals surface area contributed by atoms with Gasteiger partial charge in [0.25, 0.3) is 0 Å². The Labute approximate surface area is 205 Å². The Balaban J connectivity index is 2.94. The summed E-state index contributed by atoms with van der Waals surface area (Å²) in [5.41, 5.74) is 6.45. The zero-order chi connectivity index (χ0) is 26.9. The highest BCUT2D eigenvalue weighted by molar-refractivity contribution is 5.94. The molecule has 1 rings (SSSR count). The van der Waals surface area contributed by atoms with Crippen molar-refractivity contribution >= 4 is 23.7 Å². The van der Waals surface area contributed by atoms with Gasteiger partial charge in [-0.05, 0) is 42.9 Å². The molecule has 0 aliphatic heterocycles. The Kier molecular flexibility index (Phi) is 11.6. The number of phenols is 1. The molecule has 0 aromatic heterocycles. The van der Waals surface area contributed by atoms with Crippen molar-refractivity contribution in [3.8, 4) is 5.75 Å². The third-order valence-electron chi connectivity index (χ3n) is 5.36. The third-order valence-corrected chi connectivity index (χ3v) is 5.36. The van der Waals surface area contributed by atoms with Gasteiger partial charge in [0.05, 0.1) is 12.1 Å². The number of amides is 3. The van der Waals surface area contributed by atoms with Crippen molar-refractivity contribution in [2.24, 2.45) is 17.6 Å². The number of aromatic hydroxyl groups is 1. The van der Waals surface area contributed by atoms with E-state index in [0.717, 1.165) is 0 Å². The van der Waals surface area contributed by atoms with Gasteiger partial charge in [0.1, 0.15) is 23.9 Å². The molecule has 1 aromatic rings. The molecule has 35 heavy (non-hydrogen) atoms. The van der Waals surface area contributed by atoms with Gasteiger partial charge in [-0.25, -0.2) is 4.79 Å². The summed E-state index contributed by atoms with van der Waals surface area (Å²) in [6.45, 7) is 8.51. The molecule has 0 fully saturated rings. The molecule has 0 spiro atoms. The van der Waals surface area contributed by atoms with E-state index in [1.54, 1.807) is 13.8 Å². The molecule has 3 amide bonds. The first-order valence-corrected chi connectivity index (χ1v) is 11.6. The molecule has 5 atom stereocenters. The molecule has 0 saturated carbocycles. The molecule has 11 nitrogen and oxygen atoms in total. The molecule has 0 radical (unpaired) electrons. The number of aliphatic hydroxyl groups is 1. The predicted octanol–water partition coefficient (Wildman–Crippen LogP) is -0.116. The summed E-state index contributed by atoms with van der Waals surface area (Å²) in [5, 5.41) is 36.4. The summed E-state index contributed by atoms with van der Waals surface area (Å²) in [6, 6.07) is 1.17. The fourth-order valence-corrected chi connectivity index (χ4v) is 3.39. The maximum absolute atomic E-state index is 12.9. The van der Waals surface area contributed by atoms with E-state index in [0.29, 0.717) is 12.0 Å². The number of hydrogen-bond donors (Lipinski definition) is 7. The number of aliphatic hydroxyl groups excluding tert-OH is 1. The summed E-state index contributed by atoms with van der Waals surface area (Å²) < 4.78 is 0. The van der Waals surface area contributed by atoms with Gasteiger partial charge < -0.3 is 37.0 Å². The van der Waals surface area contributed by atoms with Gasteiger partial charge in [0, 0.05) is 6.42 Å². The molecular weight excluding hydrogens is 456 g/mol. The van der Waals surface area contributed by atoms with Crippen LogP contribution in [-0.4, -0.2) is 69.3 Å². The van der Waals surface area contributed by atoms with E-state index in [9.17, 15) is 34.5 Å². The molecule has 8 N–H and O–H groups in total. The molecule has 1 aromatic carbocycles. The lowest BCUT2D eigenvalue weighted by Gasteiger charge is -2.28. The second kappa shape index (κ2) is 13.6. The second-order valence-corrected chi connectivity index (χ2v) is 9.46. The Hall–Kier alpha value is -3.18. The van der Waals surface area contributed by atoms with Crippen molar-refractivity contribution in [3.63, 3.8) is 0 Å². The van der Waals surface area contributed by atoms with Crippen LogP contribution in [0.5, 0.6) is 5.75 Å². The van der Waals surface area contributed by atoms with Crippen molar-refractivity contribution in [1.82, 2.24) is 16.0 Å². The molecule has 0 aliphatic carbocycles. The summed E-state index contributed by atoms with van der Waals surface area (Å²) in [4.78, 5) is 49.9. The monoisotopic (exact) mass is 494 g/mol. The van der Waals surface area contributed by atoms with Crippen LogP contribution < -0.4 is 21.7 Å². The van der Waals surface area contributed by atoms with Crippen molar-refractivity contribution in [2.75, 3.05) is 0 Å². The normalized spacial score (nSPS) is 15.6. The fourth-order valence-electron chi connectivity index (χ4n) is 3.39. The molecule has 196 valence electrons. The number of nitrogens with two attached hydrogens (primary N) is 1. The Morgan fingerprint density at radius 1 is 0.857 bits per heavy atom.